The second-order valence-electron chi connectivity index (χ2n) is 28.1. The minimum Gasteiger partial charge on any atom is -0.462 e. The number of carbonyl (C=O) groups excluding carboxylic acids is 4. The average Bonchev–Trinajstić information content (AvgIpc) is 1.62. The monoisotopic (exact) mass is 1370 g/mol. The van der Waals surface area contributed by atoms with Gasteiger partial charge in [0, 0.05) is 25.7 Å². The molecule has 0 amide bonds. The van der Waals surface area contributed by atoms with Gasteiger partial charge in [-0.2, -0.15) is 0 Å². The van der Waals surface area contributed by atoms with E-state index in [-0.39, 0.29) is 25.7 Å². The van der Waals surface area contributed by atoms with E-state index in [1.54, 1.807) is 0 Å². The Balaban J connectivity index is 5.12. The van der Waals surface area contributed by atoms with Crippen molar-refractivity contribution in [3.05, 3.63) is 0 Å². The summed E-state index contributed by atoms with van der Waals surface area (Å²) in [5.74, 6) is 0.212. The highest BCUT2D eigenvalue weighted by molar-refractivity contribution is 7.47. The summed E-state index contributed by atoms with van der Waals surface area (Å²) in [5.41, 5.74) is 0. The summed E-state index contributed by atoms with van der Waals surface area (Å²) in [4.78, 5) is 72.4. The lowest BCUT2D eigenvalue weighted by atomic mass is 10.0. The molecule has 0 rings (SSSR count). The molecule has 0 saturated carbocycles. The van der Waals surface area contributed by atoms with Crippen LogP contribution in [-0.4, -0.2) is 96.7 Å². The van der Waals surface area contributed by atoms with Crippen LogP contribution < -0.4 is 0 Å². The lowest BCUT2D eigenvalue weighted by molar-refractivity contribution is -0.161. The Hall–Kier alpha value is -1.94. The molecule has 0 fully saturated rings. The van der Waals surface area contributed by atoms with Crippen LogP contribution in [0.25, 0.3) is 0 Å². The van der Waals surface area contributed by atoms with Crippen LogP contribution in [0.15, 0.2) is 0 Å². The number of ether oxygens (including phenoxy) is 4. The van der Waals surface area contributed by atoms with Crippen LogP contribution in [-0.2, 0) is 65.4 Å². The molecule has 0 bridgehead atoms. The predicted octanol–water partition coefficient (Wildman–Crippen LogP) is 21.4. The fourth-order valence-electron chi connectivity index (χ4n) is 11.2. The number of aliphatic hydroxyl groups is 1. The summed E-state index contributed by atoms with van der Waals surface area (Å²) < 4.78 is 68.2. The quantitative estimate of drug-likeness (QED) is 0.0222. The van der Waals surface area contributed by atoms with Crippen LogP contribution in [0.5, 0.6) is 0 Å². The van der Waals surface area contributed by atoms with Crippen LogP contribution in [0, 0.1) is 17.8 Å². The highest BCUT2D eigenvalue weighted by Crippen LogP contribution is 2.45. The van der Waals surface area contributed by atoms with E-state index in [0.29, 0.717) is 25.7 Å². The van der Waals surface area contributed by atoms with Crippen molar-refractivity contribution < 1.29 is 80.2 Å². The van der Waals surface area contributed by atoms with Gasteiger partial charge in [-0.15, -0.1) is 0 Å². The van der Waals surface area contributed by atoms with Crippen molar-refractivity contribution in [2.45, 2.75) is 394 Å². The number of carbonyl (C=O) groups is 4. The van der Waals surface area contributed by atoms with Crippen molar-refractivity contribution in [3.8, 4) is 0 Å². The van der Waals surface area contributed by atoms with Crippen molar-refractivity contribution in [1.29, 1.82) is 0 Å². The van der Waals surface area contributed by atoms with Crippen molar-refractivity contribution >= 4 is 39.5 Å². The number of hydrogen-bond donors (Lipinski definition) is 3. The standard InChI is InChI=1S/C74H144O17P2/c1-8-9-10-38-48-55-71(76)84-61-69(90-73(78)58-51-44-37-31-25-24-28-34-41-47-54-67(6)7)63-88-92(80,81)86-59-68(75)60-87-93(82,83)89-64-70(62-85-72(77)56-49-42-35-29-23-19-21-27-33-40-46-53-66(4)5)91-74(79)57-50-43-36-30-22-18-16-14-12-11-13-15-17-20-26-32-39-45-52-65(2)3/h65-70,75H,8-64H2,1-7H3,(H,80,81)(H,82,83)/t68-,69+,70+/m0/s1. The molecule has 0 saturated heterocycles. The van der Waals surface area contributed by atoms with Gasteiger partial charge in [0.25, 0.3) is 0 Å². The van der Waals surface area contributed by atoms with Crippen LogP contribution in [0.3, 0.4) is 0 Å². The van der Waals surface area contributed by atoms with Gasteiger partial charge in [-0.05, 0) is 43.4 Å². The van der Waals surface area contributed by atoms with E-state index >= 15 is 0 Å². The molecule has 0 aliphatic heterocycles. The minimum absolute atomic E-state index is 0.105. The van der Waals surface area contributed by atoms with Crippen molar-refractivity contribution in [3.63, 3.8) is 0 Å². The molecular weight excluding hydrogens is 1220 g/mol. The molecule has 17 nitrogen and oxygen atoms in total. The third-order valence-corrected chi connectivity index (χ3v) is 19.0. The number of aliphatic hydroxyl groups excluding tert-OH is 1. The van der Waals surface area contributed by atoms with E-state index in [4.69, 9.17) is 37.0 Å². The van der Waals surface area contributed by atoms with Crippen molar-refractivity contribution in [1.82, 2.24) is 0 Å². The molecule has 0 spiro atoms. The Bertz CT molecular complexity index is 1820. The normalized spacial score (nSPS) is 14.1. The van der Waals surface area contributed by atoms with Gasteiger partial charge >= 0.3 is 39.5 Å². The van der Waals surface area contributed by atoms with E-state index in [1.807, 2.05) is 0 Å². The highest BCUT2D eigenvalue weighted by atomic mass is 31.2. The molecule has 0 heterocycles. The van der Waals surface area contributed by atoms with Crippen LogP contribution >= 0.6 is 15.6 Å². The Morgan fingerprint density at radius 1 is 0.290 bits per heavy atom. The lowest BCUT2D eigenvalue weighted by Gasteiger charge is -2.21. The third kappa shape index (κ3) is 68.4. The molecule has 3 N–H and O–H groups in total. The summed E-state index contributed by atoms with van der Waals surface area (Å²) in [6.45, 7) is 11.8. The lowest BCUT2D eigenvalue weighted by Crippen LogP contribution is -2.30. The molecule has 19 heteroatoms. The first-order chi connectivity index (χ1) is 44.7. The maximum absolute atomic E-state index is 13.1. The summed E-state index contributed by atoms with van der Waals surface area (Å²) in [5, 5.41) is 10.6. The van der Waals surface area contributed by atoms with Gasteiger partial charge in [-0.25, -0.2) is 9.13 Å². The zero-order valence-corrected chi connectivity index (χ0v) is 62.5. The molecule has 0 aromatic heterocycles. The molecule has 93 heavy (non-hydrogen) atoms. The number of rotatable bonds is 72. The molecule has 5 atom stereocenters. The Morgan fingerprint density at radius 2 is 0.495 bits per heavy atom. The highest BCUT2D eigenvalue weighted by Gasteiger charge is 2.30. The van der Waals surface area contributed by atoms with E-state index in [2.05, 4.69) is 48.5 Å². The first-order valence-corrected chi connectivity index (χ1v) is 41.3. The molecule has 0 aromatic rings. The van der Waals surface area contributed by atoms with Crippen LogP contribution in [0.1, 0.15) is 376 Å². The number of phosphoric acid groups is 2. The maximum Gasteiger partial charge on any atom is 0.472 e. The van der Waals surface area contributed by atoms with E-state index in [0.717, 1.165) is 114 Å². The number of unbranched alkanes of at least 4 members (excludes halogenated alkanes) is 40. The molecule has 2 unspecified atom stereocenters. The molecule has 0 aliphatic carbocycles. The summed E-state index contributed by atoms with van der Waals surface area (Å²) in [6, 6.07) is 0. The van der Waals surface area contributed by atoms with Gasteiger partial charge in [0.15, 0.2) is 12.2 Å². The second kappa shape index (κ2) is 64.7. The first kappa shape index (κ1) is 91.1. The largest absolute Gasteiger partial charge is 0.472 e. The first-order valence-electron chi connectivity index (χ1n) is 38.3. The predicted molar refractivity (Wildman–Crippen MR) is 377 cm³/mol. The van der Waals surface area contributed by atoms with Crippen LogP contribution in [0.2, 0.25) is 0 Å². The molecule has 0 aromatic carbocycles. The maximum atomic E-state index is 13.1. The SMILES string of the molecule is CCCCCCCC(=O)OC[C@H](COP(=O)(O)OC[C@H](O)COP(=O)(O)OC[C@@H](COC(=O)CCCCCCCCCCCCCC(C)C)OC(=O)CCCCCCCCCCCCCCCCCCCCC(C)C)OC(=O)CCCCCCCCCCCCC(C)C. The zero-order chi connectivity index (χ0) is 68.7. The summed E-state index contributed by atoms with van der Waals surface area (Å²) in [7, 11) is -9.90. The second-order valence-corrected chi connectivity index (χ2v) is 31.0. The summed E-state index contributed by atoms with van der Waals surface area (Å²) >= 11 is 0. The minimum atomic E-state index is -4.95. The molecular formula is C74H144O17P2. The smallest absolute Gasteiger partial charge is 0.462 e. The van der Waals surface area contributed by atoms with Gasteiger partial charge < -0.3 is 33.8 Å². The van der Waals surface area contributed by atoms with Gasteiger partial charge in [0.2, 0.25) is 0 Å². The van der Waals surface area contributed by atoms with Crippen molar-refractivity contribution in [2.75, 3.05) is 39.6 Å². The average molecular weight is 1370 g/mol. The van der Waals surface area contributed by atoms with Gasteiger partial charge in [0.05, 0.1) is 26.4 Å². The Kier molecular flexibility index (Phi) is 63.4. The topological polar surface area (TPSA) is 237 Å². The van der Waals surface area contributed by atoms with Gasteiger partial charge in [-0.3, -0.25) is 37.3 Å². The molecule has 552 valence electrons. The zero-order valence-electron chi connectivity index (χ0n) is 60.7. The fraction of sp³-hybridized carbons (Fsp3) is 0.946. The Labute approximate surface area is 568 Å². The fourth-order valence-corrected chi connectivity index (χ4v) is 12.8. The van der Waals surface area contributed by atoms with Gasteiger partial charge in [0.1, 0.15) is 19.3 Å². The van der Waals surface area contributed by atoms with Crippen molar-refractivity contribution in [2.24, 2.45) is 17.8 Å². The Morgan fingerprint density at radius 3 is 0.731 bits per heavy atom. The number of esters is 4. The van der Waals surface area contributed by atoms with E-state index in [1.165, 1.54) is 180 Å². The number of hydrogen-bond acceptors (Lipinski definition) is 15. The van der Waals surface area contributed by atoms with Gasteiger partial charge in [-0.1, -0.05) is 325 Å². The van der Waals surface area contributed by atoms with E-state index in [9.17, 15) is 43.2 Å². The molecule has 0 radical (unpaired) electrons. The number of phosphoric ester groups is 2. The van der Waals surface area contributed by atoms with Crippen LogP contribution in [0.4, 0.5) is 0 Å². The van der Waals surface area contributed by atoms with E-state index < -0.39 is 97.5 Å². The summed E-state index contributed by atoms with van der Waals surface area (Å²) in [6.07, 6.45) is 50.4. The molecule has 0 aliphatic rings. The third-order valence-electron chi connectivity index (χ3n) is 17.1.